The smallest absolute Gasteiger partial charge is 0.305 e. The van der Waals surface area contributed by atoms with Crippen LogP contribution in [0.4, 0.5) is 0 Å². The summed E-state index contributed by atoms with van der Waals surface area (Å²) in [6.45, 7) is 4.39. The highest BCUT2D eigenvalue weighted by molar-refractivity contribution is 7.63. The van der Waals surface area contributed by atoms with Gasteiger partial charge in [0.25, 0.3) is 0 Å². The van der Waals surface area contributed by atoms with Crippen LogP contribution in [0, 0.1) is 0 Å². The van der Waals surface area contributed by atoms with Crippen molar-refractivity contribution in [2.75, 3.05) is 13.2 Å². The lowest BCUT2D eigenvalue weighted by Crippen LogP contribution is -2.09. The van der Waals surface area contributed by atoms with Crippen LogP contribution in [0.5, 0.6) is 0 Å². The van der Waals surface area contributed by atoms with Crippen LogP contribution in [0.1, 0.15) is 13.8 Å². The summed E-state index contributed by atoms with van der Waals surface area (Å²) in [5.74, 6) is 0. The molecule has 0 amide bonds. The maximum absolute atomic E-state index is 12.7. The first-order valence-corrected chi connectivity index (χ1v) is 7.99. The largest absolute Gasteiger partial charge is 0.362 e. The van der Waals surface area contributed by atoms with E-state index >= 15 is 0 Å². The van der Waals surface area contributed by atoms with Gasteiger partial charge in [0.1, 0.15) is 0 Å². The first-order valence-electron chi connectivity index (χ1n) is 5.57. The molecule has 3 nitrogen and oxygen atoms in total. The predicted octanol–water partition coefficient (Wildman–Crippen LogP) is 3.79. The summed E-state index contributed by atoms with van der Waals surface area (Å²) < 4.78 is 24.5. The lowest BCUT2D eigenvalue weighted by atomic mass is 10.3. The Morgan fingerprint density at radius 2 is 1.82 bits per heavy atom. The summed E-state index contributed by atoms with van der Waals surface area (Å²) in [7, 11) is -3.16. The highest BCUT2D eigenvalue weighted by atomic mass is 32.1. The average molecular weight is 270 g/mol. The van der Waals surface area contributed by atoms with Crippen LogP contribution >= 0.6 is 18.9 Å². The Balaban J connectivity index is 2.52. The molecule has 0 atom stereocenters. The van der Waals surface area contributed by atoms with Crippen LogP contribution in [0.3, 0.4) is 0 Å². The minimum atomic E-state index is -3.16. The molecule has 0 aliphatic rings. The zero-order chi connectivity index (χ0) is 12.3. The molecular formula is C12H15O3PS. The molecule has 2 rings (SSSR count). The van der Waals surface area contributed by atoms with Crippen molar-refractivity contribution in [3.8, 4) is 0 Å². The minimum absolute atomic E-state index is 0.376. The Labute approximate surface area is 105 Å². The molecule has 0 aliphatic heterocycles. The van der Waals surface area contributed by atoms with Gasteiger partial charge in [0.15, 0.2) is 0 Å². The van der Waals surface area contributed by atoms with E-state index in [4.69, 9.17) is 9.05 Å². The molecule has 1 heterocycles. The molecule has 1 aromatic heterocycles. The zero-order valence-corrected chi connectivity index (χ0v) is 11.6. The molecule has 1 aromatic carbocycles. The lowest BCUT2D eigenvalue weighted by molar-refractivity contribution is 0.230. The van der Waals surface area contributed by atoms with Crippen molar-refractivity contribution in [1.82, 2.24) is 0 Å². The monoisotopic (exact) mass is 270 g/mol. The topological polar surface area (TPSA) is 35.5 Å². The van der Waals surface area contributed by atoms with Gasteiger partial charge in [-0.2, -0.15) is 0 Å². The molecule has 0 bridgehead atoms. The normalized spacial score (nSPS) is 12.1. The van der Waals surface area contributed by atoms with Gasteiger partial charge in [-0.3, -0.25) is 4.57 Å². The van der Waals surface area contributed by atoms with Gasteiger partial charge in [0.05, 0.1) is 18.5 Å². The second kappa shape index (κ2) is 5.32. The third kappa shape index (κ3) is 2.45. The first-order chi connectivity index (χ1) is 8.21. The Kier molecular flexibility index (Phi) is 4.00. The zero-order valence-electron chi connectivity index (χ0n) is 9.88. The molecule has 0 spiro atoms. The standard InChI is InChI=1S/C12H15O3PS/c1-3-14-16(13,15-4-2)11-9-17-12-8-6-5-7-10(11)12/h5-9H,3-4H2,1-2H3. The summed E-state index contributed by atoms with van der Waals surface area (Å²) in [5, 5.41) is 3.51. The molecule has 0 radical (unpaired) electrons. The third-order valence-corrected chi connectivity index (χ3v) is 5.65. The highest BCUT2D eigenvalue weighted by Crippen LogP contribution is 2.49. The number of hydrogen-bond donors (Lipinski definition) is 0. The van der Waals surface area contributed by atoms with Gasteiger partial charge in [-0.05, 0) is 19.9 Å². The van der Waals surface area contributed by atoms with E-state index in [1.807, 2.05) is 43.5 Å². The fourth-order valence-corrected chi connectivity index (χ4v) is 4.79. The minimum Gasteiger partial charge on any atom is -0.305 e. The van der Waals surface area contributed by atoms with Crippen LogP contribution in [-0.2, 0) is 13.6 Å². The summed E-state index contributed by atoms with van der Waals surface area (Å²) >= 11 is 1.56. The molecule has 2 aromatic rings. The molecule has 0 N–H and O–H groups in total. The number of rotatable bonds is 5. The van der Waals surface area contributed by atoms with Gasteiger partial charge in [0.2, 0.25) is 0 Å². The van der Waals surface area contributed by atoms with Gasteiger partial charge < -0.3 is 9.05 Å². The van der Waals surface area contributed by atoms with Crippen molar-refractivity contribution in [1.29, 1.82) is 0 Å². The third-order valence-electron chi connectivity index (χ3n) is 2.35. The van der Waals surface area contributed by atoms with E-state index in [-0.39, 0.29) is 0 Å². The summed E-state index contributed by atoms with van der Waals surface area (Å²) in [6.07, 6.45) is 0. The number of benzene rings is 1. The van der Waals surface area contributed by atoms with E-state index in [0.29, 0.717) is 18.5 Å². The van der Waals surface area contributed by atoms with Gasteiger partial charge in [-0.1, -0.05) is 18.2 Å². The maximum atomic E-state index is 12.7. The van der Waals surface area contributed by atoms with Crippen molar-refractivity contribution in [2.45, 2.75) is 13.8 Å². The Bertz CT molecular complexity index is 539. The van der Waals surface area contributed by atoms with Gasteiger partial charge in [0, 0.05) is 15.5 Å². The fourth-order valence-electron chi connectivity index (χ4n) is 1.69. The molecule has 0 saturated heterocycles. The Hall–Kier alpha value is -0.670. The van der Waals surface area contributed by atoms with E-state index in [1.54, 1.807) is 11.3 Å². The van der Waals surface area contributed by atoms with E-state index in [2.05, 4.69) is 0 Å². The molecule has 5 heteroatoms. The molecule has 92 valence electrons. The van der Waals surface area contributed by atoms with Crippen LogP contribution in [0.25, 0.3) is 10.1 Å². The van der Waals surface area contributed by atoms with Crippen molar-refractivity contribution >= 4 is 34.3 Å². The highest BCUT2D eigenvalue weighted by Gasteiger charge is 2.29. The second-order valence-corrected chi connectivity index (χ2v) is 6.35. The molecule has 0 aliphatic carbocycles. The first kappa shape index (κ1) is 12.8. The Morgan fingerprint density at radius 1 is 1.18 bits per heavy atom. The quantitative estimate of drug-likeness (QED) is 0.775. The van der Waals surface area contributed by atoms with Gasteiger partial charge in [-0.15, -0.1) is 11.3 Å². The summed E-state index contributed by atoms with van der Waals surface area (Å²) in [4.78, 5) is 0. The number of thiophene rings is 1. The summed E-state index contributed by atoms with van der Waals surface area (Å²) in [6, 6.07) is 7.85. The van der Waals surface area contributed by atoms with Crippen molar-refractivity contribution in [3.05, 3.63) is 29.6 Å². The SMILES string of the molecule is CCOP(=O)(OCC)c1csc2ccccc12. The van der Waals surface area contributed by atoms with Crippen LogP contribution < -0.4 is 5.30 Å². The molecule has 0 saturated carbocycles. The van der Waals surface area contributed by atoms with Crippen molar-refractivity contribution < 1.29 is 13.6 Å². The van der Waals surface area contributed by atoms with Gasteiger partial charge >= 0.3 is 7.60 Å². The fraction of sp³-hybridized carbons (Fsp3) is 0.333. The van der Waals surface area contributed by atoms with E-state index in [9.17, 15) is 4.57 Å². The van der Waals surface area contributed by atoms with Gasteiger partial charge in [-0.25, -0.2) is 0 Å². The van der Waals surface area contributed by atoms with E-state index in [0.717, 1.165) is 10.1 Å². The summed E-state index contributed by atoms with van der Waals surface area (Å²) in [5.41, 5.74) is 0. The van der Waals surface area contributed by atoms with Crippen LogP contribution in [0.15, 0.2) is 29.6 Å². The predicted molar refractivity (Wildman–Crippen MR) is 72.3 cm³/mol. The Morgan fingerprint density at radius 3 is 2.47 bits per heavy atom. The van der Waals surface area contributed by atoms with E-state index < -0.39 is 7.60 Å². The number of fused-ring (bicyclic) bond motifs is 1. The van der Waals surface area contributed by atoms with Crippen LogP contribution in [-0.4, -0.2) is 13.2 Å². The molecule has 17 heavy (non-hydrogen) atoms. The van der Waals surface area contributed by atoms with Crippen LogP contribution in [0.2, 0.25) is 0 Å². The molecular weight excluding hydrogens is 255 g/mol. The second-order valence-electron chi connectivity index (χ2n) is 3.45. The molecule has 0 unspecified atom stereocenters. The lowest BCUT2D eigenvalue weighted by Gasteiger charge is -2.16. The maximum Gasteiger partial charge on any atom is 0.362 e. The van der Waals surface area contributed by atoms with Crippen molar-refractivity contribution in [3.63, 3.8) is 0 Å². The molecule has 0 fully saturated rings. The van der Waals surface area contributed by atoms with E-state index in [1.165, 1.54) is 0 Å². The average Bonchev–Trinajstić information content (AvgIpc) is 2.74. The van der Waals surface area contributed by atoms with Crippen molar-refractivity contribution in [2.24, 2.45) is 0 Å². The number of hydrogen-bond acceptors (Lipinski definition) is 4.